The summed E-state index contributed by atoms with van der Waals surface area (Å²) in [6, 6.07) is 5.78. The fourth-order valence-electron chi connectivity index (χ4n) is 2.57. The van der Waals surface area contributed by atoms with Crippen LogP contribution in [0.2, 0.25) is 0 Å². The summed E-state index contributed by atoms with van der Waals surface area (Å²) in [6.07, 6.45) is 1.14. The normalized spacial score (nSPS) is 19.2. The molecule has 0 radical (unpaired) electrons. The molecule has 1 aromatic carbocycles. The molecule has 5 heteroatoms. The first-order valence-corrected chi connectivity index (χ1v) is 7.19. The van der Waals surface area contributed by atoms with Crippen molar-refractivity contribution in [3.8, 4) is 0 Å². The van der Waals surface area contributed by atoms with Gasteiger partial charge in [0.2, 0.25) is 5.91 Å². The molecule has 2 unspecified atom stereocenters. The van der Waals surface area contributed by atoms with E-state index in [9.17, 15) is 14.7 Å². The van der Waals surface area contributed by atoms with Gasteiger partial charge in [0, 0.05) is 18.7 Å². The number of amides is 1. The Morgan fingerprint density at radius 3 is 2.81 bits per heavy atom. The third-order valence-corrected chi connectivity index (χ3v) is 3.80. The predicted octanol–water partition coefficient (Wildman–Crippen LogP) is 2.51. The van der Waals surface area contributed by atoms with E-state index in [-0.39, 0.29) is 18.4 Å². The quantitative estimate of drug-likeness (QED) is 0.874. The molecule has 0 aliphatic carbocycles. The predicted molar refractivity (Wildman–Crippen MR) is 79.3 cm³/mol. The largest absolute Gasteiger partial charge is 0.481 e. The summed E-state index contributed by atoms with van der Waals surface area (Å²) in [5.74, 6) is -2.04. The Kier molecular flexibility index (Phi) is 4.96. The first-order valence-electron chi connectivity index (χ1n) is 7.19. The zero-order valence-corrected chi connectivity index (χ0v) is 12.4. The highest BCUT2D eigenvalue weighted by molar-refractivity contribution is 5.94. The molecule has 1 aromatic rings. The monoisotopic (exact) mass is 291 g/mol. The van der Waals surface area contributed by atoms with Gasteiger partial charge < -0.3 is 15.2 Å². The van der Waals surface area contributed by atoms with Crippen molar-refractivity contribution in [3.05, 3.63) is 29.3 Å². The summed E-state index contributed by atoms with van der Waals surface area (Å²) in [5, 5.41) is 12.1. The van der Waals surface area contributed by atoms with E-state index in [2.05, 4.69) is 5.32 Å². The van der Waals surface area contributed by atoms with Gasteiger partial charge in [-0.3, -0.25) is 9.59 Å². The minimum absolute atomic E-state index is 0.0621. The molecule has 0 aromatic heterocycles. The van der Waals surface area contributed by atoms with Crippen LogP contribution < -0.4 is 5.32 Å². The lowest BCUT2D eigenvalue weighted by molar-refractivity contribution is -0.148. The van der Waals surface area contributed by atoms with E-state index in [0.717, 1.165) is 23.2 Å². The van der Waals surface area contributed by atoms with Crippen LogP contribution in [0.15, 0.2) is 18.2 Å². The van der Waals surface area contributed by atoms with Gasteiger partial charge in [-0.1, -0.05) is 12.1 Å². The van der Waals surface area contributed by atoms with Gasteiger partial charge in [-0.15, -0.1) is 0 Å². The van der Waals surface area contributed by atoms with Crippen LogP contribution in [0.25, 0.3) is 0 Å². The molecule has 1 aliphatic rings. The number of carbonyl (C=O) groups excluding carboxylic acids is 1. The topological polar surface area (TPSA) is 75.6 Å². The highest BCUT2D eigenvalue weighted by atomic mass is 16.5. The fourth-order valence-corrected chi connectivity index (χ4v) is 2.57. The van der Waals surface area contributed by atoms with E-state index < -0.39 is 11.9 Å². The summed E-state index contributed by atoms with van der Waals surface area (Å²) in [4.78, 5) is 23.5. The fraction of sp³-hybridized carbons (Fsp3) is 0.500. The third kappa shape index (κ3) is 4.04. The lowest BCUT2D eigenvalue weighted by Gasteiger charge is -2.18. The minimum Gasteiger partial charge on any atom is -0.481 e. The highest BCUT2D eigenvalue weighted by Gasteiger charge is 2.33. The number of benzene rings is 1. The summed E-state index contributed by atoms with van der Waals surface area (Å²) in [6.45, 7) is 4.43. The van der Waals surface area contributed by atoms with E-state index in [4.69, 9.17) is 4.74 Å². The van der Waals surface area contributed by atoms with Gasteiger partial charge in [0.05, 0.1) is 12.0 Å². The zero-order chi connectivity index (χ0) is 15.4. The molecular weight excluding hydrogens is 270 g/mol. The molecule has 1 amide bonds. The van der Waals surface area contributed by atoms with Gasteiger partial charge in [0.25, 0.3) is 0 Å². The second-order valence-electron chi connectivity index (χ2n) is 5.57. The van der Waals surface area contributed by atoms with Crippen molar-refractivity contribution in [1.82, 2.24) is 0 Å². The van der Waals surface area contributed by atoms with Crippen LogP contribution in [-0.2, 0) is 14.3 Å². The second kappa shape index (κ2) is 6.72. The van der Waals surface area contributed by atoms with Gasteiger partial charge in [-0.05, 0) is 43.9 Å². The number of carboxylic acid groups (broad SMARTS) is 1. The van der Waals surface area contributed by atoms with Crippen molar-refractivity contribution in [2.75, 3.05) is 11.9 Å². The van der Waals surface area contributed by atoms with Crippen LogP contribution in [0.4, 0.5) is 5.69 Å². The van der Waals surface area contributed by atoms with Crippen LogP contribution >= 0.6 is 0 Å². The van der Waals surface area contributed by atoms with Crippen LogP contribution in [0.5, 0.6) is 0 Å². The van der Waals surface area contributed by atoms with Crippen molar-refractivity contribution in [2.45, 2.75) is 39.2 Å². The maximum atomic E-state index is 12.1. The molecule has 2 rings (SSSR count). The molecule has 0 spiro atoms. The average Bonchev–Trinajstić information content (AvgIpc) is 2.93. The maximum absolute atomic E-state index is 12.1. The SMILES string of the molecule is Cc1ccc(C)c(NC(=O)CC(C(=O)O)C2CCCO2)c1. The molecule has 114 valence electrons. The van der Waals surface area contributed by atoms with Crippen molar-refractivity contribution >= 4 is 17.6 Å². The number of ether oxygens (including phenoxy) is 1. The molecular formula is C16H21NO4. The van der Waals surface area contributed by atoms with Gasteiger partial charge in [0.15, 0.2) is 0 Å². The van der Waals surface area contributed by atoms with E-state index >= 15 is 0 Å². The van der Waals surface area contributed by atoms with Crippen LogP contribution in [0.1, 0.15) is 30.4 Å². The Hall–Kier alpha value is -1.88. The Balaban J connectivity index is 2.02. The molecule has 2 atom stereocenters. The Morgan fingerprint density at radius 1 is 1.43 bits per heavy atom. The number of hydrogen-bond acceptors (Lipinski definition) is 3. The Morgan fingerprint density at radius 2 is 2.19 bits per heavy atom. The maximum Gasteiger partial charge on any atom is 0.309 e. The van der Waals surface area contributed by atoms with Gasteiger partial charge in [-0.25, -0.2) is 0 Å². The summed E-state index contributed by atoms with van der Waals surface area (Å²) in [5.41, 5.74) is 2.74. The number of carbonyl (C=O) groups is 2. The van der Waals surface area contributed by atoms with Crippen molar-refractivity contribution < 1.29 is 19.4 Å². The summed E-state index contributed by atoms with van der Waals surface area (Å²) < 4.78 is 5.41. The molecule has 1 heterocycles. The molecule has 0 saturated carbocycles. The number of carboxylic acids is 1. The first-order chi connectivity index (χ1) is 9.97. The average molecular weight is 291 g/mol. The number of aliphatic carboxylic acids is 1. The summed E-state index contributed by atoms with van der Waals surface area (Å²) in [7, 11) is 0. The lowest BCUT2D eigenvalue weighted by Crippen LogP contribution is -2.31. The van der Waals surface area contributed by atoms with Crippen LogP contribution in [0, 0.1) is 19.8 Å². The van der Waals surface area contributed by atoms with Crippen molar-refractivity contribution in [1.29, 1.82) is 0 Å². The van der Waals surface area contributed by atoms with Gasteiger partial charge in [-0.2, -0.15) is 0 Å². The van der Waals surface area contributed by atoms with Crippen LogP contribution in [-0.4, -0.2) is 29.7 Å². The van der Waals surface area contributed by atoms with Crippen molar-refractivity contribution in [3.63, 3.8) is 0 Å². The number of anilines is 1. The van der Waals surface area contributed by atoms with Crippen molar-refractivity contribution in [2.24, 2.45) is 5.92 Å². The number of nitrogens with one attached hydrogen (secondary N) is 1. The highest BCUT2D eigenvalue weighted by Crippen LogP contribution is 2.24. The molecule has 1 aliphatic heterocycles. The second-order valence-corrected chi connectivity index (χ2v) is 5.57. The molecule has 5 nitrogen and oxygen atoms in total. The third-order valence-electron chi connectivity index (χ3n) is 3.80. The van der Waals surface area contributed by atoms with E-state index in [1.165, 1.54) is 0 Å². The summed E-state index contributed by atoms with van der Waals surface area (Å²) >= 11 is 0. The smallest absolute Gasteiger partial charge is 0.309 e. The van der Waals surface area contributed by atoms with E-state index in [1.807, 2.05) is 32.0 Å². The van der Waals surface area contributed by atoms with Crippen LogP contribution in [0.3, 0.4) is 0 Å². The lowest BCUT2D eigenvalue weighted by atomic mass is 9.96. The molecule has 2 N–H and O–H groups in total. The Labute approximate surface area is 124 Å². The Bertz CT molecular complexity index is 535. The van der Waals surface area contributed by atoms with E-state index in [1.54, 1.807) is 0 Å². The van der Waals surface area contributed by atoms with E-state index in [0.29, 0.717) is 13.0 Å². The number of aryl methyl sites for hydroxylation is 2. The van der Waals surface area contributed by atoms with Gasteiger partial charge in [0.1, 0.15) is 0 Å². The minimum atomic E-state index is -0.974. The number of rotatable bonds is 5. The zero-order valence-electron chi connectivity index (χ0n) is 12.4. The number of hydrogen-bond donors (Lipinski definition) is 2. The molecule has 21 heavy (non-hydrogen) atoms. The molecule has 0 bridgehead atoms. The standard InChI is InChI=1S/C16H21NO4/c1-10-5-6-11(2)13(8-10)17-15(18)9-12(16(19)20)14-4-3-7-21-14/h5-6,8,12,14H,3-4,7,9H2,1-2H3,(H,17,18)(H,19,20). The molecule has 1 saturated heterocycles. The van der Waals surface area contributed by atoms with Gasteiger partial charge >= 0.3 is 5.97 Å². The first kappa shape index (κ1) is 15.5. The molecule has 1 fully saturated rings.